The number of amidine groups is 1. The average molecular weight is 393 g/mol. The Kier molecular flexibility index (Phi) is 18.0. The molecule has 0 saturated carbocycles. The van der Waals surface area contributed by atoms with Gasteiger partial charge in [-0.15, -0.1) is 0 Å². The van der Waals surface area contributed by atoms with Gasteiger partial charge in [0.05, 0.1) is 0 Å². The van der Waals surface area contributed by atoms with Crippen LogP contribution in [0.15, 0.2) is 65.7 Å². The van der Waals surface area contributed by atoms with Crippen molar-refractivity contribution in [1.82, 2.24) is 0 Å². The fourth-order valence-corrected chi connectivity index (χ4v) is 1.77. The van der Waals surface area contributed by atoms with Crippen LogP contribution in [0, 0.1) is 5.41 Å². The van der Waals surface area contributed by atoms with Gasteiger partial charge in [0.25, 0.3) is 0 Å². The van der Waals surface area contributed by atoms with E-state index in [1.165, 1.54) is 22.9 Å². The number of nitrogens with one attached hydrogen (secondary N) is 1. The normalized spacial score (nSPS) is 8.67. The Morgan fingerprint density at radius 2 is 1.30 bits per heavy atom. The molecule has 0 aliphatic carbocycles. The van der Waals surface area contributed by atoms with Crippen LogP contribution < -0.4 is 22.9 Å². The summed E-state index contributed by atoms with van der Waals surface area (Å²) >= 11 is 1.24. The molecule has 11 N–H and O–H groups in total. The third-order valence-electron chi connectivity index (χ3n) is 3.03. The topological polar surface area (TPSA) is 172 Å². The van der Waals surface area contributed by atoms with Crippen molar-refractivity contribution < 1.29 is 5.48 Å². The Labute approximate surface area is 166 Å². The van der Waals surface area contributed by atoms with Crippen LogP contribution in [0.1, 0.15) is 11.1 Å². The molecule has 0 aromatic heterocycles. The summed E-state index contributed by atoms with van der Waals surface area (Å²) in [6.45, 7) is 1.40. The highest BCUT2D eigenvalue weighted by Gasteiger charge is 1.89. The third-order valence-corrected chi connectivity index (χ3v) is 3.47. The zero-order valence-corrected chi connectivity index (χ0v) is 16.6. The first-order chi connectivity index (χ1) is 12.5. The fourth-order valence-electron chi connectivity index (χ4n) is 1.77. The molecule has 0 fully saturated rings. The molecule has 8 heteroatoms. The number of guanidine groups is 1. The number of thioether (sulfide) groups is 1. The van der Waals surface area contributed by atoms with Crippen molar-refractivity contribution >= 4 is 22.9 Å². The SMILES string of the molecule is CSC(=N)N.NC(N)=NCCc1ccccc1.NCCc1ccccc1.O. The van der Waals surface area contributed by atoms with Crippen molar-refractivity contribution in [3.05, 3.63) is 71.8 Å². The van der Waals surface area contributed by atoms with Crippen molar-refractivity contribution in [1.29, 1.82) is 5.41 Å². The molecule has 27 heavy (non-hydrogen) atoms. The van der Waals surface area contributed by atoms with Crippen LogP contribution in [-0.4, -0.2) is 35.9 Å². The van der Waals surface area contributed by atoms with Gasteiger partial charge in [-0.2, -0.15) is 0 Å². The molecule has 0 unspecified atom stereocenters. The highest BCUT2D eigenvalue weighted by atomic mass is 32.2. The number of rotatable bonds is 5. The van der Waals surface area contributed by atoms with Gasteiger partial charge in [-0.05, 0) is 36.8 Å². The maximum Gasteiger partial charge on any atom is 0.185 e. The predicted octanol–water partition coefficient (Wildman–Crippen LogP) is 1.11. The largest absolute Gasteiger partial charge is 0.412 e. The van der Waals surface area contributed by atoms with Crippen molar-refractivity contribution in [2.24, 2.45) is 27.9 Å². The minimum Gasteiger partial charge on any atom is -0.412 e. The van der Waals surface area contributed by atoms with E-state index in [0.29, 0.717) is 6.54 Å². The smallest absolute Gasteiger partial charge is 0.185 e. The molecule has 0 radical (unpaired) electrons. The van der Waals surface area contributed by atoms with E-state index in [0.717, 1.165) is 19.4 Å². The second-order valence-corrected chi connectivity index (χ2v) is 5.98. The van der Waals surface area contributed by atoms with Crippen molar-refractivity contribution in [2.45, 2.75) is 12.8 Å². The molecule has 0 bridgehead atoms. The van der Waals surface area contributed by atoms with Crippen molar-refractivity contribution in [2.75, 3.05) is 19.3 Å². The van der Waals surface area contributed by atoms with Crippen LogP contribution in [-0.2, 0) is 12.8 Å². The van der Waals surface area contributed by atoms with Gasteiger partial charge >= 0.3 is 0 Å². The molecule has 150 valence electrons. The lowest BCUT2D eigenvalue weighted by atomic mass is 10.2. The van der Waals surface area contributed by atoms with Gasteiger partial charge < -0.3 is 28.4 Å². The Hall–Kier alpha value is -2.55. The molecule has 0 atom stereocenters. The first kappa shape index (κ1) is 26.7. The number of nitrogens with zero attached hydrogens (tertiary/aromatic N) is 1. The van der Waals surface area contributed by atoms with Crippen LogP contribution >= 0.6 is 11.8 Å². The summed E-state index contributed by atoms with van der Waals surface area (Å²) in [6.07, 6.45) is 3.64. The number of nitrogens with two attached hydrogens (primary N) is 4. The van der Waals surface area contributed by atoms with Crippen LogP contribution in [0.3, 0.4) is 0 Å². The Morgan fingerprint density at radius 1 is 0.889 bits per heavy atom. The van der Waals surface area contributed by atoms with Gasteiger partial charge in [-0.25, -0.2) is 0 Å². The van der Waals surface area contributed by atoms with Crippen molar-refractivity contribution in [3.8, 4) is 0 Å². The van der Waals surface area contributed by atoms with Gasteiger partial charge in [-0.3, -0.25) is 10.4 Å². The summed E-state index contributed by atoms with van der Waals surface area (Å²) in [4.78, 5) is 3.89. The van der Waals surface area contributed by atoms with Gasteiger partial charge in [0.2, 0.25) is 0 Å². The number of aliphatic imine (C=N–C) groups is 1. The molecule has 0 aliphatic heterocycles. The first-order valence-electron chi connectivity index (χ1n) is 8.20. The summed E-state index contributed by atoms with van der Waals surface area (Å²) in [6, 6.07) is 20.4. The lowest BCUT2D eigenvalue weighted by molar-refractivity contribution is 0.824. The maximum absolute atomic E-state index is 6.48. The number of benzene rings is 2. The third kappa shape index (κ3) is 18.0. The Morgan fingerprint density at radius 3 is 1.63 bits per heavy atom. The van der Waals surface area contributed by atoms with Crippen LogP contribution in [0.2, 0.25) is 0 Å². The summed E-state index contributed by atoms with van der Waals surface area (Å²) in [5.74, 6) is 0.158. The molecule has 2 rings (SSSR count). The molecule has 0 saturated heterocycles. The van der Waals surface area contributed by atoms with Gasteiger partial charge in [0.1, 0.15) is 0 Å². The average Bonchev–Trinajstić information content (AvgIpc) is 2.64. The Bertz CT molecular complexity index is 619. The highest BCUT2D eigenvalue weighted by Crippen LogP contribution is 1.99. The zero-order chi connectivity index (χ0) is 19.6. The molecular formula is C19H32N6OS. The highest BCUT2D eigenvalue weighted by molar-refractivity contribution is 8.13. The fraction of sp³-hybridized carbons (Fsp3) is 0.263. The molecule has 2 aromatic rings. The molecule has 0 aliphatic rings. The first-order valence-corrected chi connectivity index (χ1v) is 9.43. The van der Waals surface area contributed by atoms with E-state index < -0.39 is 0 Å². The molecule has 0 amide bonds. The van der Waals surface area contributed by atoms with Crippen LogP contribution in [0.5, 0.6) is 0 Å². The van der Waals surface area contributed by atoms with E-state index in [9.17, 15) is 0 Å². The second kappa shape index (κ2) is 18.2. The van der Waals surface area contributed by atoms with E-state index in [1.807, 2.05) is 36.4 Å². The Balaban J connectivity index is 0. The van der Waals surface area contributed by atoms with Gasteiger partial charge in [0, 0.05) is 6.54 Å². The molecule has 0 heterocycles. The van der Waals surface area contributed by atoms with Crippen LogP contribution in [0.4, 0.5) is 0 Å². The molecule has 0 spiro atoms. The standard InChI is InChI=1S/C9H13N3.C8H11N.C2H6N2S.H2O/c10-9(11)12-7-6-8-4-2-1-3-5-8;9-7-6-8-4-2-1-3-5-8;1-5-2(3)4;/h1-5H,6-7H2,(H4,10,11,12);1-5H,6-7,9H2;1H3,(H3,3,4);1H2. The molecular weight excluding hydrogens is 360 g/mol. The predicted molar refractivity (Wildman–Crippen MR) is 119 cm³/mol. The summed E-state index contributed by atoms with van der Waals surface area (Å²) in [7, 11) is 0. The van der Waals surface area contributed by atoms with E-state index in [2.05, 4.69) is 29.3 Å². The van der Waals surface area contributed by atoms with Crippen molar-refractivity contribution in [3.63, 3.8) is 0 Å². The van der Waals surface area contributed by atoms with Gasteiger partial charge in [0.15, 0.2) is 11.1 Å². The number of hydrogen-bond donors (Lipinski definition) is 5. The molecule has 7 nitrogen and oxygen atoms in total. The second-order valence-electron chi connectivity index (χ2n) is 5.13. The van der Waals surface area contributed by atoms with Crippen LogP contribution in [0.25, 0.3) is 0 Å². The van der Waals surface area contributed by atoms with E-state index in [4.69, 9.17) is 28.3 Å². The van der Waals surface area contributed by atoms with E-state index in [-0.39, 0.29) is 16.6 Å². The summed E-state index contributed by atoms with van der Waals surface area (Å²) in [5, 5.41) is 6.66. The number of hydrogen-bond acceptors (Lipinski definition) is 4. The quantitative estimate of drug-likeness (QED) is 0.378. The maximum atomic E-state index is 6.48. The van der Waals surface area contributed by atoms with Gasteiger partial charge in [-0.1, -0.05) is 72.4 Å². The summed E-state index contributed by atoms with van der Waals surface area (Å²) in [5.41, 5.74) is 23.1. The minimum atomic E-state index is 0. The monoisotopic (exact) mass is 392 g/mol. The minimum absolute atomic E-state index is 0. The zero-order valence-electron chi connectivity index (χ0n) is 15.8. The lowest BCUT2D eigenvalue weighted by Crippen LogP contribution is -2.23. The molecule has 2 aromatic carbocycles. The summed E-state index contributed by atoms with van der Waals surface area (Å²) < 4.78 is 0. The lowest BCUT2D eigenvalue weighted by Gasteiger charge is -1.96. The van der Waals surface area contributed by atoms with E-state index in [1.54, 1.807) is 6.26 Å². The van der Waals surface area contributed by atoms with E-state index >= 15 is 0 Å².